The number of fused-ring (bicyclic) bond motifs is 1. The van der Waals surface area contributed by atoms with Gasteiger partial charge in [0.2, 0.25) is 0 Å². The van der Waals surface area contributed by atoms with Gasteiger partial charge in [0.1, 0.15) is 11.9 Å². The van der Waals surface area contributed by atoms with Crippen LogP contribution in [0.3, 0.4) is 0 Å². The molecule has 2 heterocycles. The second kappa shape index (κ2) is 6.16. The van der Waals surface area contributed by atoms with E-state index in [1.165, 1.54) is 0 Å². The highest BCUT2D eigenvalue weighted by Gasteiger charge is 2.34. The zero-order valence-electron chi connectivity index (χ0n) is 13.2. The lowest BCUT2D eigenvalue weighted by molar-refractivity contribution is -0.138. The second-order valence-corrected chi connectivity index (χ2v) is 6.22. The number of aromatic amines is 1. The molecule has 1 aromatic heterocycles. The molecule has 0 radical (unpaired) electrons. The van der Waals surface area contributed by atoms with Crippen LogP contribution in [0.5, 0.6) is 0 Å². The Kier molecular flexibility index (Phi) is 4.21. The van der Waals surface area contributed by atoms with E-state index in [2.05, 4.69) is 17.1 Å². The Bertz CT molecular complexity index is 796. The molecule has 6 nitrogen and oxygen atoms in total. The van der Waals surface area contributed by atoms with Crippen LogP contribution in [0, 0.1) is 11.7 Å². The molecule has 0 aliphatic carbocycles. The van der Waals surface area contributed by atoms with Crippen molar-refractivity contribution in [1.82, 2.24) is 14.8 Å². The third kappa shape index (κ3) is 2.76. The molecule has 23 heavy (non-hydrogen) atoms. The number of carbonyl (C=O) groups is 1. The molecular formula is C16H20N4O2S. The van der Waals surface area contributed by atoms with Gasteiger partial charge >= 0.3 is 5.97 Å². The molecule has 0 saturated carbocycles. The zero-order chi connectivity index (χ0) is 16.6. The predicted octanol–water partition coefficient (Wildman–Crippen LogP) is 2.85. The van der Waals surface area contributed by atoms with Crippen molar-refractivity contribution in [2.24, 2.45) is 0 Å². The third-order valence-corrected chi connectivity index (χ3v) is 4.57. The number of unbranched alkanes of at least 4 members (excludes halogenated alkanes) is 1. The van der Waals surface area contributed by atoms with Gasteiger partial charge in [0.05, 0.1) is 5.69 Å². The van der Waals surface area contributed by atoms with Crippen LogP contribution in [0.1, 0.15) is 31.2 Å². The summed E-state index contributed by atoms with van der Waals surface area (Å²) in [7, 11) is 0. The zero-order valence-corrected chi connectivity index (χ0v) is 14.1. The summed E-state index contributed by atoms with van der Waals surface area (Å²) in [6.45, 7) is 4.76. The number of benzene rings is 1. The molecule has 0 spiro atoms. The van der Waals surface area contributed by atoms with E-state index in [1.54, 1.807) is 0 Å². The van der Waals surface area contributed by atoms with Crippen LogP contribution >= 0.6 is 12.2 Å². The summed E-state index contributed by atoms with van der Waals surface area (Å²) >= 11 is 5.27. The molecule has 1 aliphatic rings. The van der Waals surface area contributed by atoms with E-state index in [9.17, 15) is 9.90 Å². The van der Waals surface area contributed by atoms with Crippen LogP contribution in [-0.4, -0.2) is 38.4 Å². The number of rotatable bonds is 5. The third-order valence-electron chi connectivity index (χ3n) is 4.30. The molecule has 0 amide bonds. The van der Waals surface area contributed by atoms with Crippen molar-refractivity contribution < 1.29 is 9.90 Å². The highest BCUT2D eigenvalue weighted by molar-refractivity contribution is 7.71. The van der Waals surface area contributed by atoms with Gasteiger partial charge in [-0.25, -0.2) is 4.79 Å². The highest BCUT2D eigenvalue weighted by Crippen LogP contribution is 2.34. The minimum atomic E-state index is -0.769. The fourth-order valence-corrected chi connectivity index (χ4v) is 3.43. The fraction of sp³-hybridized carbons (Fsp3) is 0.438. The first kappa shape index (κ1) is 15.7. The van der Waals surface area contributed by atoms with Gasteiger partial charge in [0, 0.05) is 18.7 Å². The first-order valence-electron chi connectivity index (χ1n) is 7.79. The maximum absolute atomic E-state index is 11.6. The average molecular weight is 332 g/mol. The first-order chi connectivity index (χ1) is 11.0. The van der Waals surface area contributed by atoms with Crippen molar-refractivity contribution in [3.63, 3.8) is 0 Å². The number of nitrogens with one attached hydrogen (secondary N) is 1. The molecule has 1 atom stereocenters. The lowest BCUT2D eigenvalue weighted by Crippen LogP contribution is -2.39. The average Bonchev–Trinajstić information content (AvgIpc) is 3.05. The molecule has 2 N–H and O–H groups in total. The summed E-state index contributed by atoms with van der Waals surface area (Å²) < 4.78 is 2.40. The molecule has 3 rings (SSSR count). The van der Waals surface area contributed by atoms with Gasteiger partial charge in [-0.1, -0.05) is 13.3 Å². The second-order valence-electron chi connectivity index (χ2n) is 5.83. The molecule has 1 aliphatic heterocycles. The quantitative estimate of drug-likeness (QED) is 0.824. The van der Waals surface area contributed by atoms with E-state index < -0.39 is 12.0 Å². The standard InChI is InChI=1S/C16H20N4O2S/c1-3-4-7-19-13-6-5-12(20-10(2)17-18-16(20)23)8-11(13)9-14(19)15(21)22/h5-6,8,14H,3-4,7,9H2,1-2H3,(H,18,23)(H,21,22). The van der Waals surface area contributed by atoms with Crippen LogP contribution < -0.4 is 4.90 Å². The van der Waals surface area contributed by atoms with Crippen molar-refractivity contribution in [3.8, 4) is 5.69 Å². The number of carboxylic acids is 1. The topological polar surface area (TPSA) is 74.2 Å². The lowest BCUT2D eigenvalue weighted by atomic mass is 10.1. The van der Waals surface area contributed by atoms with Crippen LogP contribution in [0.25, 0.3) is 5.69 Å². The van der Waals surface area contributed by atoms with Crippen molar-refractivity contribution >= 4 is 23.9 Å². The summed E-state index contributed by atoms with van der Waals surface area (Å²) in [4.78, 5) is 13.6. The van der Waals surface area contributed by atoms with Crippen molar-refractivity contribution in [2.45, 2.75) is 39.2 Å². The molecule has 1 aromatic carbocycles. The summed E-state index contributed by atoms with van der Waals surface area (Å²) in [6, 6.07) is 5.51. The largest absolute Gasteiger partial charge is 0.480 e. The first-order valence-corrected chi connectivity index (χ1v) is 8.20. The number of H-pyrrole nitrogens is 1. The van der Waals surface area contributed by atoms with Gasteiger partial charge in [0.15, 0.2) is 4.77 Å². The number of aromatic nitrogens is 3. The Morgan fingerprint density at radius 2 is 2.30 bits per heavy atom. The Labute approximate surface area is 139 Å². The van der Waals surface area contributed by atoms with Crippen LogP contribution in [0.15, 0.2) is 18.2 Å². The van der Waals surface area contributed by atoms with Gasteiger partial charge in [-0.2, -0.15) is 5.10 Å². The lowest BCUT2D eigenvalue weighted by Gasteiger charge is -2.24. The van der Waals surface area contributed by atoms with Crippen molar-refractivity contribution in [2.75, 3.05) is 11.4 Å². The Balaban J connectivity index is 2.00. The van der Waals surface area contributed by atoms with Gasteiger partial charge < -0.3 is 10.0 Å². The number of nitrogens with zero attached hydrogens (tertiary/aromatic N) is 3. The monoisotopic (exact) mass is 332 g/mol. The Hall–Kier alpha value is -2.15. The molecule has 7 heteroatoms. The smallest absolute Gasteiger partial charge is 0.326 e. The summed E-state index contributed by atoms with van der Waals surface area (Å²) in [5.41, 5.74) is 2.98. The van der Waals surface area contributed by atoms with Crippen molar-refractivity contribution in [1.29, 1.82) is 0 Å². The normalized spacial score (nSPS) is 16.6. The molecule has 2 aromatic rings. The van der Waals surface area contributed by atoms with E-state index >= 15 is 0 Å². The number of anilines is 1. The summed E-state index contributed by atoms with van der Waals surface area (Å²) in [6.07, 6.45) is 2.54. The Morgan fingerprint density at radius 3 is 2.91 bits per heavy atom. The maximum atomic E-state index is 11.6. The van der Waals surface area contributed by atoms with E-state index in [1.807, 2.05) is 34.6 Å². The van der Waals surface area contributed by atoms with Crippen LogP contribution in [-0.2, 0) is 11.2 Å². The van der Waals surface area contributed by atoms with Gasteiger partial charge in [0.25, 0.3) is 0 Å². The van der Waals surface area contributed by atoms with E-state index in [0.29, 0.717) is 11.2 Å². The maximum Gasteiger partial charge on any atom is 0.326 e. The number of hydrogen-bond donors (Lipinski definition) is 2. The van der Waals surface area contributed by atoms with Gasteiger partial charge in [-0.15, -0.1) is 0 Å². The molecule has 122 valence electrons. The SMILES string of the molecule is CCCCN1c2ccc(-n3c(C)n[nH]c3=S)cc2CC1C(=O)O. The van der Waals surface area contributed by atoms with Crippen molar-refractivity contribution in [3.05, 3.63) is 34.4 Å². The predicted molar refractivity (Wildman–Crippen MR) is 90.9 cm³/mol. The summed E-state index contributed by atoms with van der Waals surface area (Å²) in [5, 5.41) is 16.4. The number of aryl methyl sites for hydroxylation is 1. The number of aliphatic carboxylic acids is 1. The fourth-order valence-electron chi connectivity index (χ4n) is 3.15. The van der Waals surface area contributed by atoms with Gasteiger partial charge in [-0.05, 0) is 49.3 Å². The molecule has 0 saturated heterocycles. The molecule has 0 bridgehead atoms. The van der Waals surface area contributed by atoms with E-state index in [0.717, 1.165) is 42.1 Å². The van der Waals surface area contributed by atoms with E-state index in [-0.39, 0.29) is 0 Å². The minimum Gasteiger partial charge on any atom is -0.480 e. The highest BCUT2D eigenvalue weighted by atomic mass is 32.1. The summed E-state index contributed by atoms with van der Waals surface area (Å²) in [5.74, 6) is 0.0144. The van der Waals surface area contributed by atoms with E-state index in [4.69, 9.17) is 12.2 Å². The number of carboxylic acid groups (broad SMARTS) is 1. The van der Waals surface area contributed by atoms with Gasteiger partial charge in [-0.3, -0.25) is 9.67 Å². The van der Waals surface area contributed by atoms with Crippen LogP contribution in [0.2, 0.25) is 0 Å². The molecule has 0 fully saturated rings. The minimum absolute atomic E-state index is 0.481. The van der Waals surface area contributed by atoms with Crippen LogP contribution in [0.4, 0.5) is 5.69 Å². The Morgan fingerprint density at radius 1 is 1.52 bits per heavy atom. The molecular weight excluding hydrogens is 312 g/mol. The molecule has 1 unspecified atom stereocenters. The number of hydrogen-bond acceptors (Lipinski definition) is 4.